The Morgan fingerprint density at radius 1 is 1.60 bits per heavy atom. The molecule has 3 heteroatoms. The van der Waals surface area contributed by atoms with Crippen LogP contribution in [-0.4, -0.2) is 18.1 Å². The average molecular weight is 141 g/mol. The predicted octanol–water partition coefficient (Wildman–Crippen LogP) is 0.988. The van der Waals surface area contributed by atoms with E-state index in [1.165, 1.54) is 0 Å². The number of carbonyl (C=O) groups excluding carboxylic acids is 1. The molecule has 0 aromatic rings. The first-order chi connectivity index (χ1) is 4.70. The molecule has 1 aliphatic heterocycles. The molecule has 0 aromatic carbocycles. The Kier molecular flexibility index (Phi) is 2.04. The maximum absolute atomic E-state index is 10.8. The van der Waals surface area contributed by atoms with E-state index in [-0.39, 0.29) is 12.4 Å². The van der Waals surface area contributed by atoms with Crippen LogP contribution in [0.1, 0.15) is 20.3 Å². The van der Waals surface area contributed by atoms with Crippen molar-refractivity contribution < 1.29 is 9.63 Å². The Morgan fingerprint density at radius 3 is 2.70 bits per heavy atom. The van der Waals surface area contributed by atoms with Gasteiger partial charge in [0.1, 0.15) is 0 Å². The van der Waals surface area contributed by atoms with Gasteiger partial charge in [0.05, 0.1) is 12.1 Å². The molecule has 0 fully saturated rings. The van der Waals surface area contributed by atoms with E-state index in [1.54, 1.807) is 0 Å². The highest BCUT2D eigenvalue weighted by molar-refractivity contribution is 6.04. The highest BCUT2D eigenvalue weighted by Crippen LogP contribution is 2.07. The first-order valence-corrected chi connectivity index (χ1v) is 3.40. The van der Waals surface area contributed by atoms with Crippen molar-refractivity contribution in [3.8, 4) is 0 Å². The average Bonchev–Trinajstić information content (AvgIpc) is 1.88. The summed E-state index contributed by atoms with van der Waals surface area (Å²) in [4.78, 5) is 15.5. The lowest BCUT2D eigenvalue weighted by atomic mass is 10.0. The summed E-state index contributed by atoms with van der Waals surface area (Å²) in [6.45, 7) is 4.15. The van der Waals surface area contributed by atoms with Crippen molar-refractivity contribution in [2.75, 3.05) is 6.61 Å². The highest BCUT2D eigenvalue weighted by Gasteiger charge is 2.16. The van der Waals surface area contributed by atoms with E-state index in [0.717, 1.165) is 5.71 Å². The van der Waals surface area contributed by atoms with Crippen molar-refractivity contribution in [3.63, 3.8) is 0 Å². The Hall–Kier alpha value is -0.860. The molecule has 0 N–H and O–H groups in total. The van der Waals surface area contributed by atoms with Crippen LogP contribution >= 0.6 is 0 Å². The molecule has 0 bridgehead atoms. The summed E-state index contributed by atoms with van der Waals surface area (Å²) >= 11 is 0. The molecule has 0 amide bonds. The lowest BCUT2D eigenvalue weighted by Crippen LogP contribution is -2.22. The van der Waals surface area contributed by atoms with Crippen LogP contribution in [0.4, 0.5) is 0 Å². The summed E-state index contributed by atoms with van der Waals surface area (Å²) in [6, 6.07) is 0. The highest BCUT2D eigenvalue weighted by atomic mass is 16.6. The molecule has 10 heavy (non-hydrogen) atoms. The SMILES string of the molecule is CC(C)C1=NOCC(=O)C1. The second-order valence-corrected chi connectivity index (χ2v) is 2.73. The van der Waals surface area contributed by atoms with Crippen LogP contribution in [0, 0.1) is 5.92 Å². The lowest BCUT2D eigenvalue weighted by molar-refractivity contribution is -0.123. The van der Waals surface area contributed by atoms with Gasteiger partial charge in [-0.2, -0.15) is 0 Å². The van der Waals surface area contributed by atoms with Crippen molar-refractivity contribution in [1.82, 2.24) is 0 Å². The van der Waals surface area contributed by atoms with Crippen LogP contribution in [-0.2, 0) is 9.63 Å². The first kappa shape index (κ1) is 7.25. The topological polar surface area (TPSA) is 38.7 Å². The maximum Gasteiger partial charge on any atom is 0.178 e. The minimum atomic E-state index is 0.124. The van der Waals surface area contributed by atoms with Gasteiger partial charge in [0.15, 0.2) is 12.4 Å². The molecular weight excluding hydrogens is 130 g/mol. The summed E-state index contributed by atoms with van der Waals surface area (Å²) in [5.41, 5.74) is 0.858. The second kappa shape index (κ2) is 2.82. The van der Waals surface area contributed by atoms with E-state index < -0.39 is 0 Å². The molecule has 0 saturated carbocycles. The molecule has 0 aliphatic carbocycles. The largest absolute Gasteiger partial charge is 0.388 e. The van der Waals surface area contributed by atoms with E-state index in [4.69, 9.17) is 4.84 Å². The van der Waals surface area contributed by atoms with Gasteiger partial charge in [-0.05, 0) is 5.92 Å². The van der Waals surface area contributed by atoms with Gasteiger partial charge in [0, 0.05) is 0 Å². The van der Waals surface area contributed by atoms with Crippen molar-refractivity contribution in [3.05, 3.63) is 0 Å². The first-order valence-electron chi connectivity index (χ1n) is 3.40. The monoisotopic (exact) mass is 141 g/mol. The van der Waals surface area contributed by atoms with Crippen molar-refractivity contribution in [2.24, 2.45) is 11.1 Å². The quantitative estimate of drug-likeness (QED) is 0.546. The summed E-state index contributed by atoms with van der Waals surface area (Å²) in [5, 5.41) is 3.78. The van der Waals surface area contributed by atoms with E-state index in [9.17, 15) is 4.79 Å². The van der Waals surface area contributed by atoms with E-state index >= 15 is 0 Å². The van der Waals surface area contributed by atoms with Crippen LogP contribution in [0.2, 0.25) is 0 Å². The predicted molar refractivity (Wildman–Crippen MR) is 37.8 cm³/mol. The van der Waals surface area contributed by atoms with Crippen molar-refractivity contribution in [1.29, 1.82) is 0 Å². The summed E-state index contributed by atoms with van der Waals surface area (Å²) in [5.74, 6) is 0.447. The summed E-state index contributed by atoms with van der Waals surface area (Å²) in [6.07, 6.45) is 0.470. The van der Waals surface area contributed by atoms with Gasteiger partial charge < -0.3 is 4.84 Å². The van der Waals surface area contributed by atoms with Crippen LogP contribution in [0.15, 0.2) is 5.16 Å². The van der Waals surface area contributed by atoms with Gasteiger partial charge in [-0.25, -0.2) is 0 Å². The number of ketones is 1. The molecule has 56 valence electrons. The van der Waals surface area contributed by atoms with Gasteiger partial charge in [0.25, 0.3) is 0 Å². The molecular formula is C7H11NO2. The van der Waals surface area contributed by atoms with Gasteiger partial charge in [-0.1, -0.05) is 19.0 Å². The van der Waals surface area contributed by atoms with E-state index in [1.807, 2.05) is 13.8 Å². The van der Waals surface area contributed by atoms with Gasteiger partial charge in [0.2, 0.25) is 0 Å². The number of carbonyl (C=O) groups is 1. The standard InChI is InChI=1S/C7H11NO2/c1-5(2)7-3-6(9)4-10-8-7/h5H,3-4H2,1-2H3. The fourth-order valence-electron chi connectivity index (χ4n) is 0.782. The van der Waals surface area contributed by atoms with Crippen LogP contribution < -0.4 is 0 Å². The van der Waals surface area contributed by atoms with E-state index in [0.29, 0.717) is 12.3 Å². The molecule has 0 atom stereocenters. The number of rotatable bonds is 1. The molecule has 1 rings (SSSR count). The smallest absolute Gasteiger partial charge is 0.178 e. The van der Waals surface area contributed by atoms with Crippen molar-refractivity contribution in [2.45, 2.75) is 20.3 Å². The Bertz CT molecular complexity index is 172. The Morgan fingerprint density at radius 2 is 2.30 bits per heavy atom. The number of oxime groups is 1. The Balaban J connectivity index is 2.60. The number of Topliss-reactive ketones (excluding diaryl/α,β-unsaturated/α-hetero) is 1. The third-order valence-corrected chi connectivity index (χ3v) is 1.45. The molecule has 0 unspecified atom stereocenters. The van der Waals surface area contributed by atoms with Gasteiger partial charge in [-0.3, -0.25) is 4.79 Å². The molecule has 3 nitrogen and oxygen atoms in total. The minimum Gasteiger partial charge on any atom is -0.388 e. The fraction of sp³-hybridized carbons (Fsp3) is 0.714. The molecule has 1 heterocycles. The third-order valence-electron chi connectivity index (χ3n) is 1.45. The molecule has 0 spiro atoms. The minimum absolute atomic E-state index is 0.124. The molecule has 0 aromatic heterocycles. The Labute approximate surface area is 60.0 Å². The van der Waals surface area contributed by atoms with Crippen LogP contribution in [0.5, 0.6) is 0 Å². The normalized spacial score (nSPS) is 18.7. The maximum atomic E-state index is 10.8. The van der Waals surface area contributed by atoms with E-state index in [2.05, 4.69) is 5.16 Å². The second-order valence-electron chi connectivity index (χ2n) is 2.73. The summed E-state index contributed by atoms with van der Waals surface area (Å²) < 4.78 is 0. The zero-order valence-electron chi connectivity index (χ0n) is 6.26. The molecule has 0 radical (unpaired) electrons. The van der Waals surface area contributed by atoms with Crippen LogP contribution in [0.3, 0.4) is 0 Å². The lowest BCUT2D eigenvalue weighted by Gasteiger charge is -2.12. The molecule has 0 saturated heterocycles. The number of nitrogens with zero attached hydrogens (tertiary/aromatic N) is 1. The molecule has 1 aliphatic rings. The fourth-order valence-corrected chi connectivity index (χ4v) is 0.782. The van der Waals surface area contributed by atoms with Gasteiger partial charge in [-0.15, -0.1) is 0 Å². The third kappa shape index (κ3) is 1.56. The summed E-state index contributed by atoms with van der Waals surface area (Å²) in [7, 11) is 0. The van der Waals surface area contributed by atoms with Crippen LogP contribution in [0.25, 0.3) is 0 Å². The zero-order valence-corrected chi connectivity index (χ0v) is 6.26. The van der Waals surface area contributed by atoms with Gasteiger partial charge >= 0.3 is 0 Å². The van der Waals surface area contributed by atoms with Crippen molar-refractivity contribution >= 4 is 11.5 Å². The number of hydrogen-bond donors (Lipinski definition) is 0. The zero-order chi connectivity index (χ0) is 7.56. The number of hydrogen-bond acceptors (Lipinski definition) is 3.